The fourth-order valence-corrected chi connectivity index (χ4v) is 4.59. The highest BCUT2D eigenvalue weighted by atomic mass is 35.5. The van der Waals surface area contributed by atoms with Gasteiger partial charge in [-0.05, 0) is 31.0 Å². The first-order chi connectivity index (χ1) is 14.8. The third-order valence-corrected chi connectivity index (χ3v) is 6.49. The number of rotatable bonds is 16. The molecule has 0 unspecified atom stereocenters. The molecule has 0 atom stereocenters. The van der Waals surface area contributed by atoms with Gasteiger partial charge in [0, 0.05) is 16.8 Å². The lowest BCUT2D eigenvalue weighted by atomic mass is 10.0. The molecule has 0 bridgehead atoms. The number of imidazole rings is 1. The Labute approximate surface area is 187 Å². The Morgan fingerprint density at radius 2 is 1.33 bits per heavy atom. The van der Waals surface area contributed by atoms with Crippen LogP contribution in [0, 0.1) is 0 Å². The number of aryl methyl sites for hydroxylation is 1. The van der Waals surface area contributed by atoms with Gasteiger partial charge in [-0.1, -0.05) is 108 Å². The SMILES string of the molecule is CCCCCCCCCCCCCCCCCc1cc2nc3ccc(Cl)cc3n2[nH]1. The van der Waals surface area contributed by atoms with E-state index in [1.54, 1.807) is 0 Å². The molecule has 0 aliphatic rings. The van der Waals surface area contributed by atoms with Gasteiger partial charge in [0.25, 0.3) is 0 Å². The molecule has 0 aliphatic carbocycles. The van der Waals surface area contributed by atoms with E-state index < -0.39 is 0 Å². The van der Waals surface area contributed by atoms with Gasteiger partial charge >= 0.3 is 0 Å². The smallest absolute Gasteiger partial charge is 0.154 e. The fraction of sp³-hybridized carbons (Fsp3) is 0.654. The summed E-state index contributed by atoms with van der Waals surface area (Å²) in [7, 11) is 0. The van der Waals surface area contributed by atoms with Crippen molar-refractivity contribution in [2.45, 2.75) is 110 Å². The number of nitrogens with zero attached hydrogens (tertiary/aromatic N) is 2. The average Bonchev–Trinajstić information content (AvgIpc) is 3.28. The number of hydrogen-bond acceptors (Lipinski definition) is 1. The zero-order valence-electron chi connectivity index (χ0n) is 18.9. The maximum absolute atomic E-state index is 6.13. The van der Waals surface area contributed by atoms with Gasteiger partial charge < -0.3 is 0 Å². The normalized spacial score (nSPS) is 11.8. The third kappa shape index (κ3) is 7.34. The van der Waals surface area contributed by atoms with Crippen molar-refractivity contribution in [1.29, 1.82) is 0 Å². The molecule has 0 saturated carbocycles. The van der Waals surface area contributed by atoms with E-state index in [0.29, 0.717) is 0 Å². The van der Waals surface area contributed by atoms with Crippen molar-refractivity contribution in [2.75, 3.05) is 0 Å². The molecule has 0 spiro atoms. The molecule has 3 aromatic rings. The van der Waals surface area contributed by atoms with Gasteiger partial charge in [-0.25, -0.2) is 9.50 Å². The second kappa shape index (κ2) is 13.0. The van der Waals surface area contributed by atoms with E-state index in [-0.39, 0.29) is 0 Å². The van der Waals surface area contributed by atoms with E-state index in [4.69, 9.17) is 11.6 Å². The molecule has 2 heterocycles. The summed E-state index contributed by atoms with van der Waals surface area (Å²) in [4.78, 5) is 4.67. The van der Waals surface area contributed by atoms with Crippen molar-refractivity contribution in [2.24, 2.45) is 0 Å². The Kier molecular flexibility index (Phi) is 10.1. The number of hydrogen-bond donors (Lipinski definition) is 1. The van der Waals surface area contributed by atoms with Crippen molar-refractivity contribution >= 4 is 28.3 Å². The zero-order chi connectivity index (χ0) is 21.0. The van der Waals surface area contributed by atoms with Crippen LogP contribution in [0.25, 0.3) is 16.7 Å². The maximum Gasteiger partial charge on any atom is 0.154 e. The molecular weight excluding hydrogens is 390 g/mol. The van der Waals surface area contributed by atoms with Crippen LogP contribution in [-0.2, 0) is 6.42 Å². The van der Waals surface area contributed by atoms with Crippen LogP contribution in [0.1, 0.15) is 109 Å². The summed E-state index contributed by atoms with van der Waals surface area (Å²) in [5.41, 5.74) is 4.31. The molecular formula is C26H40ClN3. The molecule has 0 amide bonds. The summed E-state index contributed by atoms with van der Waals surface area (Å²) >= 11 is 6.13. The van der Waals surface area contributed by atoms with Crippen LogP contribution >= 0.6 is 11.6 Å². The summed E-state index contributed by atoms with van der Waals surface area (Å²) in [5, 5.41) is 4.24. The predicted octanol–water partition coefficient (Wildman–Crippen LogP) is 8.88. The third-order valence-electron chi connectivity index (χ3n) is 6.25. The highest BCUT2D eigenvalue weighted by Crippen LogP contribution is 2.22. The lowest BCUT2D eigenvalue weighted by Gasteiger charge is -2.03. The van der Waals surface area contributed by atoms with E-state index >= 15 is 0 Å². The van der Waals surface area contributed by atoms with Crippen LogP contribution in [0.5, 0.6) is 0 Å². The number of halogens is 1. The molecule has 1 aromatic carbocycles. The summed E-state index contributed by atoms with van der Waals surface area (Å²) in [6, 6.07) is 8.03. The van der Waals surface area contributed by atoms with Gasteiger partial charge in [0.1, 0.15) is 0 Å². The molecule has 0 saturated heterocycles. The minimum Gasteiger partial charge on any atom is -0.296 e. The van der Waals surface area contributed by atoms with Crippen LogP contribution < -0.4 is 0 Å². The average molecular weight is 430 g/mol. The zero-order valence-corrected chi connectivity index (χ0v) is 19.7. The second-order valence-corrected chi connectivity index (χ2v) is 9.36. The van der Waals surface area contributed by atoms with E-state index in [0.717, 1.165) is 28.1 Å². The molecule has 0 radical (unpaired) electrons. The van der Waals surface area contributed by atoms with Crippen LogP contribution in [0.3, 0.4) is 0 Å². The number of nitrogens with one attached hydrogen (secondary N) is 1. The molecule has 0 fully saturated rings. The highest BCUT2D eigenvalue weighted by Gasteiger charge is 2.08. The van der Waals surface area contributed by atoms with E-state index in [1.807, 2.05) is 18.2 Å². The Balaban J connectivity index is 1.19. The summed E-state index contributed by atoms with van der Waals surface area (Å²) < 4.78 is 2.06. The first-order valence-corrected chi connectivity index (χ1v) is 12.8. The number of aromatic amines is 1. The van der Waals surface area contributed by atoms with Crippen molar-refractivity contribution in [3.05, 3.63) is 35.0 Å². The number of H-pyrrole nitrogens is 1. The summed E-state index contributed by atoms with van der Waals surface area (Å²) in [6.07, 6.45) is 22.2. The Morgan fingerprint density at radius 3 is 1.93 bits per heavy atom. The molecule has 1 N–H and O–H groups in total. The molecule has 0 aliphatic heterocycles. The molecule has 3 nitrogen and oxygen atoms in total. The predicted molar refractivity (Wildman–Crippen MR) is 131 cm³/mol. The maximum atomic E-state index is 6.13. The van der Waals surface area contributed by atoms with E-state index in [1.165, 1.54) is 102 Å². The van der Waals surface area contributed by atoms with Crippen molar-refractivity contribution in [1.82, 2.24) is 14.6 Å². The number of aromatic nitrogens is 3. The molecule has 3 rings (SSSR count). The molecule has 30 heavy (non-hydrogen) atoms. The second-order valence-electron chi connectivity index (χ2n) is 8.92. The number of benzene rings is 1. The Hall–Kier alpha value is -1.48. The molecule has 2 aromatic heterocycles. The van der Waals surface area contributed by atoms with Crippen LogP contribution in [0.15, 0.2) is 24.3 Å². The first kappa shape index (κ1) is 23.2. The van der Waals surface area contributed by atoms with Crippen molar-refractivity contribution in [3.63, 3.8) is 0 Å². The van der Waals surface area contributed by atoms with Crippen LogP contribution in [0.4, 0.5) is 0 Å². The topological polar surface area (TPSA) is 33.1 Å². The lowest BCUT2D eigenvalue weighted by molar-refractivity contribution is 0.532. The van der Waals surface area contributed by atoms with Gasteiger partial charge in [-0.15, -0.1) is 0 Å². The Bertz CT molecular complexity index is 864. The van der Waals surface area contributed by atoms with Gasteiger partial charge in [-0.2, -0.15) is 0 Å². The van der Waals surface area contributed by atoms with E-state index in [9.17, 15) is 0 Å². The summed E-state index contributed by atoms with van der Waals surface area (Å²) in [6.45, 7) is 2.29. The van der Waals surface area contributed by atoms with Gasteiger partial charge in [0.05, 0.1) is 11.0 Å². The number of fused-ring (bicyclic) bond motifs is 3. The lowest BCUT2D eigenvalue weighted by Crippen LogP contribution is -1.90. The minimum atomic E-state index is 0.753. The van der Waals surface area contributed by atoms with Gasteiger partial charge in [0.15, 0.2) is 5.65 Å². The van der Waals surface area contributed by atoms with E-state index in [2.05, 4.69) is 27.6 Å². The van der Waals surface area contributed by atoms with Gasteiger partial charge in [-0.3, -0.25) is 5.10 Å². The first-order valence-electron chi connectivity index (χ1n) is 12.4. The van der Waals surface area contributed by atoms with Gasteiger partial charge in [0.2, 0.25) is 0 Å². The van der Waals surface area contributed by atoms with Crippen molar-refractivity contribution < 1.29 is 0 Å². The van der Waals surface area contributed by atoms with Crippen LogP contribution in [0.2, 0.25) is 5.02 Å². The standard InChI is InChI=1S/C26H40ClN3/c1-2-3-4-5-6-7-8-9-10-11-12-13-14-15-16-17-23-21-26-28-24-19-18-22(27)20-25(24)30(26)29-23/h18-21,29H,2-17H2,1H3. The fourth-order valence-electron chi connectivity index (χ4n) is 4.43. The largest absolute Gasteiger partial charge is 0.296 e. The minimum absolute atomic E-state index is 0.753. The monoisotopic (exact) mass is 429 g/mol. The molecule has 4 heteroatoms. The van der Waals surface area contributed by atoms with Crippen molar-refractivity contribution in [3.8, 4) is 0 Å². The number of unbranched alkanes of at least 4 members (excludes halogenated alkanes) is 14. The Morgan fingerprint density at radius 1 is 0.767 bits per heavy atom. The molecule has 166 valence electrons. The highest BCUT2D eigenvalue weighted by molar-refractivity contribution is 6.31. The quantitative estimate of drug-likeness (QED) is 0.226. The van der Waals surface area contributed by atoms with Crippen LogP contribution in [-0.4, -0.2) is 14.6 Å². The summed E-state index contributed by atoms with van der Waals surface area (Å²) in [5.74, 6) is 0.